The lowest BCUT2D eigenvalue weighted by Gasteiger charge is -2.34. The number of hydrogen-bond donors (Lipinski definition) is 0. The molecule has 0 radical (unpaired) electrons. The Balaban J connectivity index is 1.26. The zero-order valence-electron chi connectivity index (χ0n) is 21.0. The summed E-state index contributed by atoms with van der Waals surface area (Å²) in [7, 11) is 0. The first-order chi connectivity index (χ1) is 16.3. The minimum absolute atomic E-state index is 0.217. The molecule has 0 atom stereocenters. The van der Waals surface area contributed by atoms with Crippen molar-refractivity contribution in [2.24, 2.45) is 5.92 Å². The lowest BCUT2D eigenvalue weighted by molar-refractivity contribution is -0.133. The summed E-state index contributed by atoms with van der Waals surface area (Å²) in [6, 6.07) is 8.03. The predicted octanol–water partition coefficient (Wildman–Crippen LogP) is 3.79. The van der Waals surface area contributed by atoms with Gasteiger partial charge in [-0.2, -0.15) is 10.1 Å². The maximum absolute atomic E-state index is 12.9. The molecule has 0 saturated carbocycles. The van der Waals surface area contributed by atoms with Gasteiger partial charge in [0, 0.05) is 50.4 Å². The third-order valence-electron chi connectivity index (χ3n) is 6.60. The van der Waals surface area contributed by atoms with Gasteiger partial charge in [0.25, 0.3) is 0 Å². The number of nitrogens with zero attached hydrogens (tertiary/aromatic N) is 6. The Bertz CT molecular complexity index is 1120. The summed E-state index contributed by atoms with van der Waals surface area (Å²) in [5.41, 5.74) is 5.56. The molecule has 182 valence electrons. The Kier molecular flexibility index (Phi) is 7.46. The molecule has 3 aromatic rings. The van der Waals surface area contributed by atoms with Gasteiger partial charge in [0.2, 0.25) is 17.6 Å². The molecule has 1 fully saturated rings. The first-order valence-corrected chi connectivity index (χ1v) is 12.2. The Hall–Kier alpha value is -3.00. The summed E-state index contributed by atoms with van der Waals surface area (Å²) in [5, 5.41) is 8.84. The van der Waals surface area contributed by atoms with Gasteiger partial charge in [-0.15, -0.1) is 0 Å². The second-order valence-corrected chi connectivity index (χ2v) is 9.71. The standard InChI is InChI=1S/C26H36N6O2/c1-18(2)16-32-21(5)23(20(4)28-32)10-11-25(33)31-14-12-30(13-15-31)17-24-27-26(29-34-24)22-9-7-6-8-19(22)3/h6-9,18H,10-17H2,1-5H3. The van der Waals surface area contributed by atoms with Crippen LogP contribution >= 0.6 is 0 Å². The van der Waals surface area contributed by atoms with Crippen LogP contribution in [0.25, 0.3) is 11.4 Å². The third-order valence-corrected chi connectivity index (χ3v) is 6.60. The second kappa shape index (κ2) is 10.5. The molecule has 1 aliphatic heterocycles. The van der Waals surface area contributed by atoms with Crippen LogP contribution < -0.4 is 0 Å². The van der Waals surface area contributed by atoms with Crippen molar-refractivity contribution in [3.05, 3.63) is 52.7 Å². The highest BCUT2D eigenvalue weighted by atomic mass is 16.5. The quantitative estimate of drug-likeness (QED) is 0.505. The molecule has 1 amide bonds. The fraction of sp³-hybridized carbons (Fsp3) is 0.538. The molecule has 8 nitrogen and oxygen atoms in total. The molecule has 0 aliphatic carbocycles. The summed E-state index contributed by atoms with van der Waals surface area (Å²) >= 11 is 0. The molecule has 4 rings (SSSR count). The molecule has 0 unspecified atom stereocenters. The molecule has 2 aromatic heterocycles. The highest BCUT2D eigenvalue weighted by Crippen LogP contribution is 2.21. The van der Waals surface area contributed by atoms with Gasteiger partial charge in [-0.25, -0.2) is 0 Å². The van der Waals surface area contributed by atoms with Gasteiger partial charge in [0.05, 0.1) is 12.2 Å². The Morgan fingerprint density at radius 2 is 1.82 bits per heavy atom. The van der Waals surface area contributed by atoms with E-state index < -0.39 is 0 Å². The van der Waals surface area contributed by atoms with Crippen molar-refractivity contribution in [2.45, 2.75) is 60.5 Å². The SMILES string of the molecule is Cc1ccccc1-c1noc(CN2CCN(C(=O)CCc3c(C)nn(CC(C)C)c3C)CC2)n1. The van der Waals surface area contributed by atoms with E-state index in [1.165, 1.54) is 11.3 Å². The van der Waals surface area contributed by atoms with Crippen molar-refractivity contribution in [3.63, 3.8) is 0 Å². The van der Waals surface area contributed by atoms with Crippen LogP contribution in [0.5, 0.6) is 0 Å². The van der Waals surface area contributed by atoms with Crippen LogP contribution in [0.15, 0.2) is 28.8 Å². The van der Waals surface area contributed by atoms with E-state index in [0.29, 0.717) is 30.6 Å². The summed E-state index contributed by atoms with van der Waals surface area (Å²) in [6.07, 6.45) is 1.27. The van der Waals surface area contributed by atoms with Gasteiger partial charge in [-0.1, -0.05) is 43.3 Å². The van der Waals surface area contributed by atoms with Crippen molar-refractivity contribution in [2.75, 3.05) is 26.2 Å². The number of piperazine rings is 1. The number of aryl methyl sites for hydroxylation is 2. The second-order valence-electron chi connectivity index (χ2n) is 9.71. The monoisotopic (exact) mass is 464 g/mol. The zero-order chi connectivity index (χ0) is 24.2. The van der Waals surface area contributed by atoms with E-state index in [1.54, 1.807) is 0 Å². The smallest absolute Gasteiger partial charge is 0.241 e. The molecule has 34 heavy (non-hydrogen) atoms. The number of aromatic nitrogens is 4. The first kappa shape index (κ1) is 24.1. The average Bonchev–Trinajstić information content (AvgIpc) is 3.37. The van der Waals surface area contributed by atoms with Gasteiger partial charge in [-0.3, -0.25) is 14.4 Å². The van der Waals surface area contributed by atoms with Crippen molar-refractivity contribution in [1.82, 2.24) is 29.7 Å². The maximum atomic E-state index is 12.9. The summed E-state index contributed by atoms with van der Waals surface area (Å²) in [4.78, 5) is 21.7. The highest BCUT2D eigenvalue weighted by Gasteiger charge is 2.23. The van der Waals surface area contributed by atoms with Crippen molar-refractivity contribution in [1.29, 1.82) is 0 Å². The maximum Gasteiger partial charge on any atom is 0.241 e. The van der Waals surface area contributed by atoms with Crippen molar-refractivity contribution < 1.29 is 9.32 Å². The van der Waals surface area contributed by atoms with Crippen LogP contribution in [0.4, 0.5) is 0 Å². The zero-order valence-corrected chi connectivity index (χ0v) is 21.0. The highest BCUT2D eigenvalue weighted by molar-refractivity contribution is 5.76. The predicted molar refractivity (Wildman–Crippen MR) is 131 cm³/mol. The average molecular weight is 465 g/mol. The molecule has 1 saturated heterocycles. The van der Waals surface area contributed by atoms with Crippen LogP contribution in [-0.4, -0.2) is 61.8 Å². The summed E-state index contributed by atoms with van der Waals surface area (Å²) in [6.45, 7) is 15.2. The van der Waals surface area contributed by atoms with Gasteiger partial charge in [0.15, 0.2) is 0 Å². The molecule has 0 bridgehead atoms. The van der Waals surface area contributed by atoms with Gasteiger partial charge in [0.1, 0.15) is 0 Å². The number of carbonyl (C=O) groups is 1. The number of carbonyl (C=O) groups excluding carboxylic acids is 1. The Labute approximate surface area is 201 Å². The molecule has 1 aliphatic rings. The molecule has 3 heterocycles. The molecule has 1 aromatic carbocycles. The fourth-order valence-corrected chi connectivity index (χ4v) is 4.61. The molecule has 8 heteroatoms. The van der Waals surface area contributed by atoms with Gasteiger partial charge in [-0.05, 0) is 44.2 Å². The van der Waals surface area contributed by atoms with Crippen LogP contribution in [0, 0.1) is 26.7 Å². The number of hydrogen-bond acceptors (Lipinski definition) is 6. The van der Waals surface area contributed by atoms with E-state index in [2.05, 4.69) is 45.6 Å². The third kappa shape index (κ3) is 5.55. The largest absolute Gasteiger partial charge is 0.340 e. The summed E-state index contributed by atoms with van der Waals surface area (Å²) < 4.78 is 7.58. The van der Waals surface area contributed by atoms with Crippen LogP contribution in [-0.2, 0) is 24.3 Å². The normalized spacial score (nSPS) is 14.8. The number of rotatable bonds is 8. The van der Waals surface area contributed by atoms with Crippen molar-refractivity contribution in [3.8, 4) is 11.4 Å². The summed E-state index contributed by atoms with van der Waals surface area (Å²) in [5.74, 6) is 2.01. The van der Waals surface area contributed by atoms with Crippen LogP contribution in [0.1, 0.15) is 48.7 Å². The minimum Gasteiger partial charge on any atom is -0.340 e. The van der Waals surface area contributed by atoms with Crippen LogP contribution in [0.2, 0.25) is 0 Å². The van der Waals surface area contributed by atoms with E-state index >= 15 is 0 Å². The molecular weight excluding hydrogens is 428 g/mol. The molecule has 0 spiro atoms. The van der Waals surface area contributed by atoms with E-state index in [4.69, 9.17) is 4.52 Å². The fourth-order valence-electron chi connectivity index (χ4n) is 4.61. The number of benzene rings is 1. The minimum atomic E-state index is 0.217. The number of amides is 1. The Morgan fingerprint density at radius 1 is 1.09 bits per heavy atom. The first-order valence-electron chi connectivity index (χ1n) is 12.2. The van der Waals surface area contributed by atoms with E-state index in [9.17, 15) is 4.79 Å². The van der Waals surface area contributed by atoms with Crippen molar-refractivity contribution >= 4 is 5.91 Å². The van der Waals surface area contributed by atoms with E-state index in [1.807, 2.05) is 43.0 Å². The van der Waals surface area contributed by atoms with Gasteiger partial charge >= 0.3 is 0 Å². The van der Waals surface area contributed by atoms with Crippen LogP contribution in [0.3, 0.4) is 0 Å². The Morgan fingerprint density at radius 3 is 2.53 bits per heavy atom. The topological polar surface area (TPSA) is 80.3 Å². The lowest BCUT2D eigenvalue weighted by Crippen LogP contribution is -2.48. The van der Waals surface area contributed by atoms with E-state index in [-0.39, 0.29) is 5.91 Å². The molecular formula is C26H36N6O2. The van der Waals surface area contributed by atoms with Gasteiger partial charge < -0.3 is 9.42 Å². The molecule has 0 N–H and O–H groups in total. The van der Waals surface area contributed by atoms with E-state index in [0.717, 1.165) is 56.0 Å². The lowest BCUT2D eigenvalue weighted by atomic mass is 10.1.